The third kappa shape index (κ3) is 4.01. The van der Waals surface area contributed by atoms with Crippen LogP contribution in [0.3, 0.4) is 0 Å². The zero-order valence-electron chi connectivity index (χ0n) is 12.1. The van der Waals surface area contributed by atoms with Crippen molar-refractivity contribution in [2.24, 2.45) is 0 Å². The maximum atomic E-state index is 7.00. The molecular weight excluding hydrogens is 275 g/mol. The zero-order chi connectivity index (χ0) is 14.9. The van der Waals surface area contributed by atoms with Gasteiger partial charge in [-0.05, 0) is 23.8 Å². The minimum absolute atomic E-state index is 0.446. The maximum Gasteiger partial charge on any atom is 0.0319 e. The average molecular weight is 294 g/mol. The van der Waals surface area contributed by atoms with Crippen LogP contribution in [0.5, 0.6) is 0 Å². The normalized spacial score (nSPS) is 9.86. The summed E-state index contributed by atoms with van der Waals surface area (Å²) < 4.78 is 0. The smallest absolute Gasteiger partial charge is 0.0319 e. The van der Waals surface area contributed by atoms with E-state index < -0.39 is 7.92 Å². The molecule has 0 heterocycles. The van der Waals surface area contributed by atoms with Gasteiger partial charge in [0.15, 0.2) is 0 Å². The third-order valence-electron chi connectivity index (χ3n) is 3.04. The molecule has 0 atom stereocenters. The Kier molecular flexibility index (Phi) is 6.15. The number of aliphatic hydroxyl groups is 1. The second-order valence-electron chi connectivity index (χ2n) is 4.34. The van der Waals surface area contributed by atoms with Crippen LogP contribution in [0.1, 0.15) is 0 Å². The molecule has 0 bridgehead atoms. The minimum Gasteiger partial charge on any atom is -0.400 e. The van der Waals surface area contributed by atoms with E-state index in [2.05, 4.69) is 91.0 Å². The molecule has 3 aromatic carbocycles. The fraction of sp³-hybridized carbons (Fsp3) is 0.0526. The Balaban J connectivity index is 0.000000774. The van der Waals surface area contributed by atoms with Crippen LogP contribution in [0.4, 0.5) is 0 Å². The molecule has 0 saturated carbocycles. The first-order valence-electron chi connectivity index (χ1n) is 6.85. The van der Waals surface area contributed by atoms with Crippen LogP contribution in [0.15, 0.2) is 91.0 Å². The van der Waals surface area contributed by atoms with Gasteiger partial charge in [-0.25, -0.2) is 0 Å². The highest BCUT2D eigenvalue weighted by Gasteiger charge is 2.14. The molecule has 0 aliphatic heterocycles. The van der Waals surface area contributed by atoms with Crippen molar-refractivity contribution in [3.63, 3.8) is 0 Å². The highest BCUT2D eigenvalue weighted by atomic mass is 31.1. The number of aliphatic hydroxyl groups excluding tert-OH is 1. The predicted octanol–water partition coefficient (Wildman–Crippen LogP) is 3.05. The fourth-order valence-electron chi connectivity index (χ4n) is 2.18. The first-order chi connectivity index (χ1) is 10.4. The highest BCUT2D eigenvalue weighted by Crippen LogP contribution is 2.32. The van der Waals surface area contributed by atoms with Gasteiger partial charge in [-0.3, -0.25) is 0 Å². The molecule has 0 fully saturated rings. The van der Waals surface area contributed by atoms with E-state index >= 15 is 0 Å². The summed E-state index contributed by atoms with van der Waals surface area (Å²) in [4.78, 5) is 0. The minimum atomic E-state index is -0.446. The van der Waals surface area contributed by atoms with Crippen molar-refractivity contribution in [1.29, 1.82) is 0 Å². The zero-order valence-corrected chi connectivity index (χ0v) is 12.9. The van der Waals surface area contributed by atoms with Gasteiger partial charge >= 0.3 is 0 Å². The molecule has 0 aliphatic carbocycles. The molecule has 0 aromatic heterocycles. The van der Waals surface area contributed by atoms with E-state index in [9.17, 15) is 0 Å². The van der Waals surface area contributed by atoms with Gasteiger partial charge in [0.2, 0.25) is 0 Å². The predicted molar refractivity (Wildman–Crippen MR) is 93.3 cm³/mol. The molecule has 0 aliphatic rings. The van der Waals surface area contributed by atoms with Crippen LogP contribution in [-0.2, 0) is 0 Å². The van der Waals surface area contributed by atoms with E-state index in [0.29, 0.717) is 0 Å². The lowest BCUT2D eigenvalue weighted by atomic mass is 10.4. The van der Waals surface area contributed by atoms with Gasteiger partial charge in [-0.1, -0.05) is 91.0 Å². The molecule has 1 N–H and O–H groups in total. The third-order valence-corrected chi connectivity index (χ3v) is 5.49. The van der Waals surface area contributed by atoms with Gasteiger partial charge in [-0.2, -0.15) is 0 Å². The Morgan fingerprint density at radius 1 is 0.476 bits per heavy atom. The molecule has 21 heavy (non-hydrogen) atoms. The first-order valence-corrected chi connectivity index (χ1v) is 8.19. The van der Waals surface area contributed by atoms with Crippen molar-refractivity contribution >= 4 is 23.8 Å². The van der Waals surface area contributed by atoms with Crippen LogP contribution in [-0.4, -0.2) is 12.2 Å². The Morgan fingerprint density at radius 3 is 0.952 bits per heavy atom. The molecule has 1 nitrogen and oxygen atoms in total. The van der Waals surface area contributed by atoms with Crippen LogP contribution in [0, 0.1) is 0 Å². The topological polar surface area (TPSA) is 20.2 Å². The Bertz CT molecular complexity index is 530. The summed E-state index contributed by atoms with van der Waals surface area (Å²) in [6.45, 7) is 0. The number of benzene rings is 3. The van der Waals surface area contributed by atoms with Crippen molar-refractivity contribution in [3.05, 3.63) is 91.0 Å². The van der Waals surface area contributed by atoms with Crippen molar-refractivity contribution in [1.82, 2.24) is 0 Å². The van der Waals surface area contributed by atoms with E-state index in [0.717, 1.165) is 7.11 Å². The maximum absolute atomic E-state index is 7.00. The van der Waals surface area contributed by atoms with Crippen LogP contribution in [0.2, 0.25) is 0 Å². The Morgan fingerprint density at radius 2 is 0.714 bits per heavy atom. The second kappa shape index (κ2) is 8.36. The average Bonchev–Trinajstić information content (AvgIpc) is 2.60. The molecule has 0 saturated heterocycles. The standard InChI is InChI=1S/C18H15P.CH4O/c1-4-10-16(11-5-1)19(17-12-6-2-7-13-17)18-14-8-3-9-15-18;1-2/h1-15H;2H,1H3. The molecule has 106 valence electrons. The summed E-state index contributed by atoms with van der Waals surface area (Å²) in [6.07, 6.45) is 0. The van der Waals surface area contributed by atoms with Crippen molar-refractivity contribution in [2.45, 2.75) is 0 Å². The van der Waals surface area contributed by atoms with E-state index in [1.54, 1.807) is 0 Å². The molecule has 3 aromatic rings. The lowest BCUT2D eigenvalue weighted by Crippen LogP contribution is -2.20. The highest BCUT2D eigenvalue weighted by molar-refractivity contribution is 7.79. The van der Waals surface area contributed by atoms with Crippen molar-refractivity contribution in [2.75, 3.05) is 7.11 Å². The van der Waals surface area contributed by atoms with Crippen molar-refractivity contribution in [3.8, 4) is 0 Å². The fourth-order valence-corrected chi connectivity index (χ4v) is 4.48. The SMILES string of the molecule is CO.c1ccc(P(c2ccccc2)c2ccccc2)cc1. The van der Waals surface area contributed by atoms with Gasteiger partial charge in [0.1, 0.15) is 0 Å². The summed E-state index contributed by atoms with van der Waals surface area (Å²) in [5.41, 5.74) is 0. The van der Waals surface area contributed by atoms with E-state index in [4.69, 9.17) is 5.11 Å². The largest absolute Gasteiger partial charge is 0.400 e. The molecule has 0 amide bonds. The van der Waals surface area contributed by atoms with Gasteiger partial charge in [0, 0.05) is 7.11 Å². The van der Waals surface area contributed by atoms with Crippen molar-refractivity contribution < 1.29 is 5.11 Å². The van der Waals surface area contributed by atoms with Crippen LogP contribution < -0.4 is 15.9 Å². The van der Waals surface area contributed by atoms with Gasteiger partial charge in [0.25, 0.3) is 0 Å². The second-order valence-corrected chi connectivity index (χ2v) is 6.56. The lowest BCUT2D eigenvalue weighted by Gasteiger charge is -2.18. The molecule has 3 rings (SSSR count). The Labute approximate surface area is 127 Å². The number of rotatable bonds is 3. The first kappa shape index (κ1) is 15.4. The lowest BCUT2D eigenvalue weighted by molar-refractivity contribution is 0.399. The number of hydrogen-bond donors (Lipinski definition) is 1. The Hall–Kier alpha value is -1.95. The molecule has 0 radical (unpaired) electrons. The molecule has 2 heteroatoms. The van der Waals surface area contributed by atoms with Gasteiger partial charge in [-0.15, -0.1) is 0 Å². The van der Waals surface area contributed by atoms with E-state index in [1.165, 1.54) is 15.9 Å². The van der Waals surface area contributed by atoms with E-state index in [-0.39, 0.29) is 0 Å². The van der Waals surface area contributed by atoms with Gasteiger partial charge < -0.3 is 5.11 Å². The monoisotopic (exact) mass is 294 g/mol. The van der Waals surface area contributed by atoms with Crippen LogP contribution >= 0.6 is 7.92 Å². The summed E-state index contributed by atoms with van der Waals surface area (Å²) in [6, 6.07) is 32.3. The molecular formula is C19H19OP. The molecule has 0 spiro atoms. The summed E-state index contributed by atoms with van der Waals surface area (Å²) in [5, 5.41) is 11.2. The quantitative estimate of drug-likeness (QED) is 0.736. The summed E-state index contributed by atoms with van der Waals surface area (Å²) in [7, 11) is 0.554. The van der Waals surface area contributed by atoms with E-state index in [1.807, 2.05) is 0 Å². The van der Waals surface area contributed by atoms with Crippen LogP contribution in [0.25, 0.3) is 0 Å². The molecule has 0 unspecified atom stereocenters. The van der Waals surface area contributed by atoms with Gasteiger partial charge in [0.05, 0.1) is 0 Å². The number of hydrogen-bond acceptors (Lipinski definition) is 1. The summed E-state index contributed by atoms with van der Waals surface area (Å²) >= 11 is 0. The summed E-state index contributed by atoms with van der Waals surface area (Å²) in [5.74, 6) is 0.